The maximum Gasteiger partial charge on any atom is 0.152 e. The summed E-state index contributed by atoms with van der Waals surface area (Å²) in [7, 11) is 2.02. The van der Waals surface area contributed by atoms with Gasteiger partial charge in [0.1, 0.15) is 5.82 Å². The van der Waals surface area contributed by atoms with Crippen LogP contribution < -0.4 is 0 Å². The van der Waals surface area contributed by atoms with Crippen molar-refractivity contribution in [3.63, 3.8) is 0 Å². The Labute approximate surface area is 154 Å². The number of fused-ring (bicyclic) bond motifs is 1. The maximum atomic E-state index is 12.3. The number of likely N-dealkylation sites (N-methyl/N-ethyl adjacent to an activating group) is 1. The number of aromatic nitrogens is 3. The predicted octanol–water partition coefficient (Wildman–Crippen LogP) is 3.40. The molecule has 0 unspecified atom stereocenters. The Balaban J connectivity index is 1.85. The number of rotatable bonds is 7. The smallest absolute Gasteiger partial charge is 0.152 e. The van der Waals surface area contributed by atoms with Gasteiger partial charge in [-0.25, -0.2) is 4.98 Å². The van der Waals surface area contributed by atoms with Gasteiger partial charge in [0.2, 0.25) is 0 Å². The average Bonchev–Trinajstić information content (AvgIpc) is 2.98. The molecule has 1 aromatic carbocycles. The Morgan fingerprint density at radius 1 is 1.08 bits per heavy atom. The lowest BCUT2D eigenvalue weighted by atomic mass is 10.0. The quantitative estimate of drug-likeness (QED) is 0.655. The standard InChI is InChI=1S/C21H26N4O/c1-5-25(6-2)14-20(26)11-19-10-18-9-16(7-8-17(18)12-23-19)21-13-22-15(3)24(21)4/h7-10,12-13H,5-6,11,14H2,1-4H3. The number of aryl methyl sites for hydroxylation is 1. The summed E-state index contributed by atoms with van der Waals surface area (Å²) in [6.07, 6.45) is 4.13. The monoisotopic (exact) mass is 350 g/mol. The Hall–Kier alpha value is -2.53. The molecular weight excluding hydrogens is 324 g/mol. The van der Waals surface area contributed by atoms with Gasteiger partial charge < -0.3 is 4.57 Å². The molecule has 0 saturated carbocycles. The second-order valence-electron chi connectivity index (χ2n) is 6.66. The third-order valence-corrected chi connectivity index (χ3v) is 4.97. The van der Waals surface area contributed by atoms with Gasteiger partial charge in [-0.3, -0.25) is 14.7 Å². The molecule has 0 N–H and O–H groups in total. The van der Waals surface area contributed by atoms with E-state index in [-0.39, 0.29) is 5.78 Å². The highest BCUT2D eigenvalue weighted by Crippen LogP contribution is 2.25. The van der Waals surface area contributed by atoms with E-state index >= 15 is 0 Å². The maximum absolute atomic E-state index is 12.3. The SMILES string of the molecule is CCN(CC)CC(=O)Cc1cc2cc(-c3cnc(C)n3C)ccc2cn1. The van der Waals surface area contributed by atoms with Gasteiger partial charge in [-0.15, -0.1) is 0 Å². The summed E-state index contributed by atoms with van der Waals surface area (Å²) in [6, 6.07) is 8.33. The first-order valence-corrected chi connectivity index (χ1v) is 9.13. The summed E-state index contributed by atoms with van der Waals surface area (Å²) in [6.45, 7) is 8.41. The first-order valence-electron chi connectivity index (χ1n) is 9.13. The van der Waals surface area contributed by atoms with E-state index in [0.29, 0.717) is 13.0 Å². The van der Waals surface area contributed by atoms with Gasteiger partial charge >= 0.3 is 0 Å². The zero-order chi connectivity index (χ0) is 18.7. The van der Waals surface area contributed by atoms with Crippen LogP contribution >= 0.6 is 0 Å². The molecule has 2 aromatic heterocycles. The molecule has 0 saturated heterocycles. The Bertz CT molecular complexity index is 925. The highest BCUT2D eigenvalue weighted by atomic mass is 16.1. The zero-order valence-corrected chi connectivity index (χ0v) is 16.0. The van der Waals surface area contributed by atoms with E-state index in [1.165, 1.54) is 0 Å². The molecule has 0 aliphatic rings. The number of hydrogen-bond acceptors (Lipinski definition) is 4. The summed E-state index contributed by atoms with van der Waals surface area (Å²) in [5.41, 5.74) is 3.03. The summed E-state index contributed by atoms with van der Waals surface area (Å²) in [4.78, 5) is 23.3. The molecule has 5 heteroatoms. The number of Topliss-reactive ketones (excluding diaryl/α,β-unsaturated/α-hetero) is 1. The van der Waals surface area contributed by atoms with E-state index in [9.17, 15) is 4.79 Å². The summed E-state index contributed by atoms with van der Waals surface area (Å²) < 4.78 is 2.08. The number of ketones is 1. The van der Waals surface area contributed by atoms with Crippen LogP contribution in [0.5, 0.6) is 0 Å². The molecule has 0 aliphatic carbocycles. The molecule has 0 radical (unpaired) electrons. The number of imidazole rings is 1. The molecule has 3 aromatic rings. The number of benzene rings is 1. The molecule has 0 aliphatic heterocycles. The lowest BCUT2D eigenvalue weighted by Crippen LogP contribution is -2.30. The number of hydrogen-bond donors (Lipinski definition) is 0. The molecule has 0 spiro atoms. The first-order chi connectivity index (χ1) is 12.5. The molecule has 3 rings (SSSR count). The third kappa shape index (κ3) is 3.83. The lowest BCUT2D eigenvalue weighted by Gasteiger charge is -2.16. The van der Waals surface area contributed by atoms with Crippen LogP contribution in [0.2, 0.25) is 0 Å². The predicted molar refractivity (Wildman–Crippen MR) is 105 cm³/mol. The van der Waals surface area contributed by atoms with Crippen LogP contribution in [0.3, 0.4) is 0 Å². The van der Waals surface area contributed by atoms with Gasteiger partial charge in [0, 0.05) is 29.9 Å². The van der Waals surface area contributed by atoms with Crippen molar-refractivity contribution in [3.8, 4) is 11.3 Å². The van der Waals surface area contributed by atoms with Crippen molar-refractivity contribution in [3.05, 3.63) is 48.2 Å². The fraction of sp³-hybridized carbons (Fsp3) is 0.381. The Kier molecular flexibility index (Phi) is 5.47. The second-order valence-corrected chi connectivity index (χ2v) is 6.66. The van der Waals surface area contributed by atoms with Crippen LogP contribution in [-0.2, 0) is 18.3 Å². The topological polar surface area (TPSA) is 51.0 Å². The number of carbonyl (C=O) groups excluding carboxylic acids is 1. The van der Waals surface area contributed by atoms with Crippen molar-refractivity contribution >= 4 is 16.6 Å². The third-order valence-electron chi connectivity index (χ3n) is 4.97. The van der Waals surface area contributed by atoms with E-state index < -0.39 is 0 Å². The molecular formula is C21H26N4O. The molecule has 2 heterocycles. The van der Waals surface area contributed by atoms with Crippen LogP contribution in [0.15, 0.2) is 36.7 Å². The second kappa shape index (κ2) is 7.79. The van der Waals surface area contributed by atoms with Crippen molar-refractivity contribution in [2.75, 3.05) is 19.6 Å². The van der Waals surface area contributed by atoms with Gasteiger partial charge in [0.05, 0.1) is 24.9 Å². The Morgan fingerprint density at radius 2 is 1.85 bits per heavy atom. The molecule has 0 bridgehead atoms. The van der Waals surface area contributed by atoms with Crippen molar-refractivity contribution < 1.29 is 4.79 Å². The largest absolute Gasteiger partial charge is 0.331 e. The fourth-order valence-electron chi connectivity index (χ4n) is 3.17. The fourth-order valence-corrected chi connectivity index (χ4v) is 3.17. The number of nitrogens with zero attached hydrogens (tertiary/aromatic N) is 4. The number of carbonyl (C=O) groups is 1. The van der Waals surface area contributed by atoms with Gasteiger partial charge in [-0.2, -0.15) is 0 Å². The minimum Gasteiger partial charge on any atom is -0.331 e. The van der Waals surface area contributed by atoms with Crippen LogP contribution in [-0.4, -0.2) is 44.9 Å². The molecule has 26 heavy (non-hydrogen) atoms. The van der Waals surface area contributed by atoms with E-state index in [1.54, 1.807) is 0 Å². The van der Waals surface area contributed by atoms with E-state index in [1.807, 2.05) is 32.4 Å². The van der Waals surface area contributed by atoms with Crippen LogP contribution in [0, 0.1) is 6.92 Å². The minimum atomic E-state index is 0.207. The van der Waals surface area contributed by atoms with Crippen molar-refractivity contribution in [2.45, 2.75) is 27.2 Å². The van der Waals surface area contributed by atoms with E-state index in [0.717, 1.165) is 46.6 Å². The van der Waals surface area contributed by atoms with E-state index in [4.69, 9.17) is 0 Å². The number of pyridine rings is 1. The Morgan fingerprint density at radius 3 is 2.50 bits per heavy atom. The molecule has 0 atom stereocenters. The van der Waals surface area contributed by atoms with Gasteiger partial charge in [-0.1, -0.05) is 26.0 Å². The minimum absolute atomic E-state index is 0.207. The molecule has 136 valence electrons. The van der Waals surface area contributed by atoms with Crippen molar-refractivity contribution in [1.29, 1.82) is 0 Å². The summed E-state index contributed by atoms with van der Waals surface area (Å²) in [5, 5.41) is 2.18. The summed E-state index contributed by atoms with van der Waals surface area (Å²) in [5.74, 6) is 1.19. The molecule has 0 amide bonds. The first kappa shape index (κ1) is 18.3. The normalized spacial score (nSPS) is 11.4. The van der Waals surface area contributed by atoms with Gasteiger partial charge in [-0.05, 0) is 37.5 Å². The van der Waals surface area contributed by atoms with Crippen LogP contribution in [0.25, 0.3) is 22.0 Å². The van der Waals surface area contributed by atoms with Crippen LogP contribution in [0.4, 0.5) is 0 Å². The zero-order valence-electron chi connectivity index (χ0n) is 16.0. The van der Waals surface area contributed by atoms with Crippen molar-refractivity contribution in [1.82, 2.24) is 19.4 Å². The highest BCUT2D eigenvalue weighted by molar-refractivity contribution is 5.88. The molecule has 5 nitrogen and oxygen atoms in total. The van der Waals surface area contributed by atoms with Gasteiger partial charge in [0.25, 0.3) is 0 Å². The van der Waals surface area contributed by atoms with Crippen LogP contribution in [0.1, 0.15) is 25.4 Å². The van der Waals surface area contributed by atoms with E-state index in [2.05, 4.69) is 51.5 Å². The molecule has 0 fully saturated rings. The van der Waals surface area contributed by atoms with Gasteiger partial charge in [0.15, 0.2) is 5.78 Å². The van der Waals surface area contributed by atoms with Crippen molar-refractivity contribution in [2.24, 2.45) is 7.05 Å². The summed E-state index contributed by atoms with van der Waals surface area (Å²) >= 11 is 0. The average molecular weight is 350 g/mol. The lowest BCUT2D eigenvalue weighted by molar-refractivity contribution is -0.119. The highest BCUT2D eigenvalue weighted by Gasteiger charge is 2.11.